The molecule has 1 fully saturated rings. The first-order valence-electron chi connectivity index (χ1n) is 17.1. The van der Waals surface area contributed by atoms with E-state index in [-0.39, 0.29) is 28.8 Å². The molecule has 2 aliphatic rings. The van der Waals surface area contributed by atoms with Crippen LogP contribution in [0.3, 0.4) is 0 Å². The molecular weight excluding hydrogens is 571 g/mol. The number of nitrogens with one attached hydrogen (secondary N) is 1. The van der Waals surface area contributed by atoms with Gasteiger partial charge in [-0.25, -0.2) is 0 Å². The van der Waals surface area contributed by atoms with Crippen molar-refractivity contribution in [3.05, 3.63) is 89.0 Å². The molecule has 5 rings (SSSR count). The zero-order valence-corrected chi connectivity index (χ0v) is 29.8. The maximum Gasteiger partial charge on any atom is 0.225 e. The fraction of sp³-hybridized carbons (Fsp3) is 0.525. The van der Waals surface area contributed by atoms with E-state index in [2.05, 4.69) is 90.3 Å². The van der Waals surface area contributed by atoms with E-state index in [1.807, 2.05) is 36.4 Å². The fourth-order valence-corrected chi connectivity index (χ4v) is 8.40. The Morgan fingerprint density at radius 3 is 2.04 bits per heavy atom. The molecular formula is C40H54NO3Si. The van der Waals surface area contributed by atoms with Gasteiger partial charge in [0.2, 0.25) is 14.9 Å². The quantitative estimate of drug-likeness (QED) is 0.241. The first kappa shape index (κ1) is 33.5. The van der Waals surface area contributed by atoms with Crippen molar-refractivity contribution in [2.24, 2.45) is 17.3 Å². The lowest BCUT2D eigenvalue weighted by Gasteiger charge is -2.43. The zero-order valence-electron chi connectivity index (χ0n) is 28.8. The molecule has 0 bridgehead atoms. The van der Waals surface area contributed by atoms with Gasteiger partial charge in [-0.3, -0.25) is 4.79 Å². The average Bonchev–Trinajstić information content (AvgIpc) is 2.98. The van der Waals surface area contributed by atoms with Crippen LogP contribution in [-0.4, -0.2) is 21.1 Å². The minimum atomic E-state index is -0.848. The second-order valence-corrected chi connectivity index (χ2v) is 17.7. The zero-order chi connectivity index (χ0) is 32.4. The average molecular weight is 625 g/mol. The first-order valence-corrected chi connectivity index (χ1v) is 19.5. The lowest BCUT2D eigenvalue weighted by atomic mass is 9.68. The third-order valence-electron chi connectivity index (χ3n) is 9.82. The number of benzene rings is 3. The molecule has 0 aromatic heterocycles. The number of hydrogen-bond donors (Lipinski definition) is 1. The number of fused-ring (bicyclic) bond motifs is 2. The highest BCUT2D eigenvalue weighted by Gasteiger charge is 2.39. The maximum absolute atomic E-state index is 13.9. The predicted octanol–water partition coefficient (Wildman–Crippen LogP) is 10.7. The molecule has 1 radical (unpaired) electrons. The van der Waals surface area contributed by atoms with Crippen molar-refractivity contribution in [3.63, 3.8) is 0 Å². The van der Waals surface area contributed by atoms with Gasteiger partial charge in [-0.2, -0.15) is 0 Å². The van der Waals surface area contributed by atoms with E-state index in [1.165, 1.54) is 37.7 Å². The van der Waals surface area contributed by atoms with Gasteiger partial charge in [-0.1, -0.05) is 109 Å². The summed E-state index contributed by atoms with van der Waals surface area (Å²) in [6.45, 7) is 18.4. The molecule has 0 spiro atoms. The minimum absolute atomic E-state index is 0.0224. The van der Waals surface area contributed by atoms with Crippen LogP contribution in [0.2, 0.25) is 13.1 Å². The van der Waals surface area contributed by atoms with E-state index in [9.17, 15) is 4.79 Å². The monoisotopic (exact) mass is 624 g/mol. The molecule has 3 aromatic rings. The maximum atomic E-state index is 13.9. The molecule has 5 heteroatoms. The fourth-order valence-electron chi connectivity index (χ4n) is 7.50. The van der Waals surface area contributed by atoms with E-state index >= 15 is 0 Å². The number of carbonyl (C=O) groups excluding carboxylic acids is 1. The van der Waals surface area contributed by atoms with Gasteiger partial charge >= 0.3 is 0 Å². The Labute approximate surface area is 274 Å². The highest BCUT2D eigenvalue weighted by molar-refractivity contribution is 6.48. The van der Waals surface area contributed by atoms with Crippen LogP contribution in [0.5, 0.6) is 11.5 Å². The van der Waals surface area contributed by atoms with Crippen LogP contribution in [0.25, 0.3) is 0 Å². The molecule has 4 nitrogen and oxygen atoms in total. The van der Waals surface area contributed by atoms with Crippen molar-refractivity contribution < 1.29 is 14.0 Å². The molecule has 1 heterocycles. The predicted molar refractivity (Wildman–Crippen MR) is 189 cm³/mol. The van der Waals surface area contributed by atoms with E-state index in [0.29, 0.717) is 18.3 Å². The van der Waals surface area contributed by atoms with Crippen molar-refractivity contribution in [1.29, 1.82) is 0 Å². The molecule has 0 saturated heterocycles. The van der Waals surface area contributed by atoms with Crippen LogP contribution in [-0.2, 0) is 21.1 Å². The van der Waals surface area contributed by atoms with Gasteiger partial charge in [0, 0.05) is 29.2 Å². The van der Waals surface area contributed by atoms with Gasteiger partial charge in [-0.15, -0.1) is 0 Å². The molecule has 2 unspecified atom stereocenters. The largest absolute Gasteiger partial charge is 0.457 e. The van der Waals surface area contributed by atoms with Crippen molar-refractivity contribution in [2.45, 2.75) is 117 Å². The Morgan fingerprint density at radius 1 is 0.889 bits per heavy atom. The van der Waals surface area contributed by atoms with E-state index < -0.39 is 9.04 Å². The third-order valence-corrected chi connectivity index (χ3v) is 10.6. The molecule has 1 N–H and O–H groups in total. The van der Waals surface area contributed by atoms with Gasteiger partial charge in [0.15, 0.2) is 0 Å². The number of para-hydroxylation sites is 2. The summed E-state index contributed by atoms with van der Waals surface area (Å²) in [5.41, 5.74) is 5.46. The van der Waals surface area contributed by atoms with Crippen LogP contribution in [0.15, 0.2) is 66.7 Å². The topological polar surface area (TPSA) is 47.6 Å². The van der Waals surface area contributed by atoms with Gasteiger partial charge in [0.25, 0.3) is 0 Å². The van der Waals surface area contributed by atoms with Crippen molar-refractivity contribution in [2.75, 3.05) is 5.32 Å². The summed E-state index contributed by atoms with van der Waals surface area (Å²) in [6.07, 6.45) is 8.08. The van der Waals surface area contributed by atoms with Crippen LogP contribution in [0, 0.1) is 17.3 Å². The first-order chi connectivity index (χ1) is 21.3. The Morgan fingerprint density at radius 2 is 1.49 bits per heavy atom. The minimum Gasteiger partial charge on any atom is -0.457 e. The van der Waals surface area contributed by atoms with Crippen molar-refractivity contribution in [1.82, 2.24) is 0 Å². The van der Waals surface area contributed by atoms with Gasteiger partial charge in [-0.05, 0) is 84.3 Å². The van der Waals surface area contributed by atoms with Crippen molar-refractivity contribution in [3.8, 4) is 11.5 Å². The van der Waals surface area contributed by atoms with Crippen LogP contribution in [0.4, 0.5) is 5.69 Å². The third kappa shape index (κ3) is 8.10. The van der Waals surface area contributed by atoms with E-state index in [4.69, 9.17) is 9.16 Å². The molecule has 45 heavy (non-hydrogen) atoms. The summed E-state index contributed by atoms with van der Waals surface area (Å²) < 4.78 is 13.1. The summed E-state index contributed by atoms with van der Waals surface area (Å²) >= 11 is 0. The molecule has 1 aliphatic heterocycles. The Balaban J connectivity index is 1.43. The molecule has 3 aromatic carbocycles. The summed E-state index contributed by atoms with van der Waals surface area (Å²) in [5.74, 6) is 2.64. The molecule has 2 atom stereocenters. The number of anilines is 1. The lowest BCUT2D eigenvalue weighted by Crippen LogP contribution is -2.43. The Bertz CT molecular complexity index is 1420. The smallest absolute Gasteiger partial charge is 0.225 e. The van der Waals surface area contributed by atoms with Crippen molar-refractivity contribution >= 4 is 20.6 Å². The molecule has 1 amide bonds. The van der Waals surface area contributed by atoms with E-state index in [0.717, 1.165) is 40.3 Å². The summed E-state index contributed by atoms with van der Waals surface area (Å²) in [5, 5.41) is 3.40. The van der Waals surface area contributed by atoms with Crippen LogP contribution >= 0.6 is 0 Å². The lowest BCUT2D eigenvalue weighted by molar-refractivity contribution is -0.116. The summed E-state index contributed by atoms with van der Waals surface area (Å²) in [6, 6.07) is 23.0. The highest BCUT2D eigenvalue weighted by atomic mass is 28.3. The molecule has 1 saturated carbocycles. The van der Waals surface area contributed by atoms with Crippen LogP contribution in [0.1, 0.15) is 108 Å². The summed E-state index contributed by atoms with van der Waals surface area (Å²) in [4.78, 5) is 13.9. The van der Waals surface area contributed by atoms with Gasteiger partial charge in [0.1, 0.15) is 11.5 Å². The highest BCUT2D eigenvalue weighted by Crippen LogP contribution is 2.46. The molecule has 241 valence electrons. The second kappa shape index (κ2) is 13.8. The number of ether oxygens (including phenoxy) is 1. The van der Waals surface area contributed by atoms with E-state index in [1.54, 1.807) is 0 Å². The standard InChI is InChI=1S/C40H54NO3Si/c1-39(2,3)32-23-22-27(24-33(40(4,5)6)38(44-45(7)8)28-16-10-9-11-17-28)25-34(32)41-37(42)26-31-29-18-12-14-20-35(29)43-36-21-15-13-19-30(31)36/h12-15,18-23,25,28,31,33,38H,9-11,16-17,24,26H2,1-8H3,(H,41,42). The Kier molecular flexibility index (Phi) is 10.3. The normalized spacial score (nSPS) is 17.3. The number of rotatable bonds is 9. The van der Waals surface area contributed by atoms with Gasteiger partial charge in [0.05, 0.1) is 6.10 Å². The number of hydrogen-bond acceptors (Lipinski definition) is 3. The summed E-state index contributed by atoms with van der Waals surface area (Å²) in [7, 11) is -0.848. The number of carbonyl (C=O) groups is 1. The number of amides is 1. The second-order valence-electron chi connectivity index (χ2n) is 15.7. The Hall–Kier alpha value is -2.89. The van der Waals surface area contributed by atoms with Crippen LogP contribution < -0.4 is 10.1 Å². The SMILES string of the molecule is C[Si](C)OC(C1CCCCC1)C(Cc1ccc(C(C)(C)C)c(NC(=O)CC2c3ccccc3Oc3ccccc32)c1)C(C)(C)C. The van der Waals surface area contributed by atoms with Gasteiger partial charge < -0.3 is 14.5 Å². The molecule has 1 aliphatic carbocycles.